The summed E-state index contributed by atoms with van der Waals surface area (Å²) in [7, 11) is 1.58. The molecule has 1 N–H and O–H groups in total. The van der Waals surface area contributed by atoms with Gasteiger partial charge < -0.3 is 4.90 Å². The Morgan fingerprint density at radius 3 is 2.25 bits per heavy atom. The van der Waals surface area contributed by atoms with Gasteiger partial charge in [0.05, 0.1) is 13.7 Å². The molecule has 1 fully saturated rings. The Balaban J connectivity index is 1.86. The van der Waals surface area contributed by atoms with Gasteiger partial charge in [-0.3, -0.25) is 14.7 Å². The van der Waals surface area contributed by atoms with Crippen molar-refractivity contribution in [1.29, 1.82) is 0 Å². The van der Waals surface area contributed by atoms with E-state index in [9.17, 15) is 0 Å². The molecular weight excluding hydrogens is 300 g/mol. The fourth-order valence-electron chi connectivity index (χ4n) is 2.79. The van der Waals surface area contributed by atoms with Crippen LogP contribution in [0.25, 0.3) is 0 Å². The van der Waals surface area contributed by atoms with Crippen molar-refractivity contribution in [1.82, 2.24) is 15.3 Å². The molecule has 5 heteroatoms. The lowest BCUT2D eigenvalue weighted by atomic mass is 10.1. The highest BCUT2D eigenvalue weighted by Gasteiger charge is 2.15. The van der Waals surface area contributed by atoms with Gasteiger partial charge in [0, 0.05) is 32.7 Å². The van der Waals surface area contributed by atoms with Gasteiger partial charge in [-0.15, -0.1) is 0 Å². The molecule has 1 aliphatic heterocycles. The number of aliphatic imine (C=N–C) groups is 1. The average Bonchev–Trinajstić information content (AvgIpc) is 2.60. The van der Waals surface area contributed by atoms with Crippen LogP contribution in [-0.4, -0.2) is 55.5 Å². The lowest BCUT2D eigenvalue weighted by molar-refractivity contribution is 0.132. The fourth-order valence-corrected chi connectivity index (χ4v) is 2.79. The molecule has 0 unspecified atom stereocenters. The first-order chi connectivity index (χ1) is 11.6. The van der Waals surface area contributed by atoms with Crippen molar-refractivity contribution < 1.29 is 4.84 Å². The Morgan fingerprint density at radius 1 is 1.12 bits per heavy atom. The van der Waals surface area contributed by atoms with E-state index in [4.69, 9.17) is 4.84 Å². The molecule has 5 nitrogen and oxygen atoms in total. The van der Waals surface area contributed by atoms with Crippen LogP contribution < -0.4 is 5.48 Å². The average molecular weight is 330 g/mol. The third-order valence-corrected chi connectivity index (χ3v) is 4.36. The van der Waals surface area contributed by atoms with Crippen molar-refractivity contribution in [2.45, 2.75) is 26.9 Å². The summed E-state index contributed by atoms with van der Waals surface area (Å²) in [6.07, 6.45) is 0. The molecule has 0 spiro atoms. The smallest absolute Gasteiger partial charge is 0.147 e. The molecule has 1 aromatic carbocycles. The minimum absolute atomic E-state index is 0.619. The van der Waals surface area contributed by atoms with E-state index in [2.05, 4.69) is 58.0 Å². The largest absolute Gasteiger partial charge is 0.301 e. The van der Waals surface area contributed by atoms with Gasteiger partial charge in [0.1, 0.15) is 5.84 Å². The van der Waals surface area contributed by atoms with Crippen LogP contribution in [0.2, 0.25) is 0 Å². The van der Waals surface area contributed by atoms with E-state index in [1.54, 1.807) is 7.11 Å². The minimum Gasteiger partial charge on any atom is -0.301 e. The summed E-state index contributed by atoms with van der Waals surface area (Å²) in [5.41, 5.74) is 6.18. The molecule has 24 heavy (non-hydrogen) atoms. The maximum absolute atomic E-state index is 4.92. The normalized spacial score (nSPS) is 17.0. The van der Waals surface area contributed by atoms with Crippen LogP contribution >= 0.6 is 0 Å². The SMILES string of the molecule is C=C(C)C(=NCc1ccc(CN2CCN(CC)CC2)cc1)NOC. The second-order valence-electron chi connectivity index (χ2n) is 6.28. The Morgan fingerprint density at radius 2 is 1.71 bits per heavy atom. The predicted molar refractivity (Wildman–Crippen MR) is 99.9 cm³/mol. The summed E-state index contributed by atoms with van der Waals surface area (Å²) in [6.45, 7) is 15.5. The van der Waals surface area contributed by atoms with Gasteiger partial charge in [-0.2, -0.15) is 0 Å². The van der Waals surface area contributed by atoms with Gasteiger partial charge in [-0.1, -0.05) is 37.8 Å². The molecule has 0 aromatic heterocycles. The number of likely N-dealkylation sites (N-methyl/N-ethyl adjacent to an activating group) is 1. The first-order valence-electron chi connectivity index (χ1n) is 8.64. The van der Waals surface area contributed by atoms with Crippen molar-refractivity contribution in [3.8, 4) is 0 Å². The van der Waals surface area contributed by atoms with Crippen molar-refractivity contribution in [3.05, 3.63) is 47.5 Å². The molecule has 1 aromatic rings. The summed E-state index contributed by atoms with van der Waals surface area (Å²) in [6, 6.07) is 8.73. The summed E-state index contributed by atoms with van der Waals surface area (Å²) < 4.78 is 0. The van der Waals surface area contributed by atoms with Crippen molar-refractivity contribution in [2.24, 2.45) is 4.99 Å². The lowest BCUT2D eigenvalue weighted by Gasteiger charge is -2.34. The molecule has 1 heterocycles. The molecule has 132 valence electrons. The molecule has 0 bridgehead atoms. The van der Waals surface area contributed by atoms with E-state index in [1.165, 1.54) is 24.2 Å². The highest BCUT2D eigenvalue weighted by molar-refractivity contribution is 5.96. The zero-order chi connectivity index (χ0) is 17.4. The van der Waals surface area contributed by atoms with Crippen molar-refractivity contribution in [3.63, 3.8) is 0 Å². The molecule has 0 saturated carbocycles. The van der Waals surface area contributed by atoms with Crippen LogP contribution in [0, 0.1) is 0 Å². The summed E-state index contributed by atoms with van der Waals surface area (Å²) in [4.78, 5) is 14.5. The summed E-state index contributed by atoms with van der Waals surface area (Å²) >= 11 is 0. The second kappa shape index (κ2) is 9.57. The van der Waals surface area contributed by atoms with Crippen molar-refractivity contribution >= 4 is 5.84 Å². The molecular formula is C19H30N4O. The predicted octanol–water partition coefficient (Wildman–Crippen LogP) is 2.45. The van der Waals surface area contributed by atoms with Crippen LogP contribution in [-0.2, 0) is 17.9 Å². The Hall–Kier alpha value is -1.69. The number of benzene rings is 1. The number of nitrogens with zero attached hydrogens (tertiary/aromatic N) is 3. The zero-order valence-electron chi connectivity index (χ0n) is 15.2. The quantitative estimate of drug-likeness (QED) is 0.474. The van der Waals surface area contributed by atoms with Crippen LogP contribution in [0.4, 0.5) is 0 Å². The number of nitrogens with one attached hydrogen (secondary N) is 1. The van der Waals surface area contributed by atoms with Gasteiger partial charge in [0.25, 0.3) is 0 Å². The van der Waals surface area contributed by atoms with E-state index in [0.717, 1.165) is 31.8 Å². The van der Waals surface area contributed by atoms with E-state index in [0.29, 0.717) is 12.4 Å². The summed E-state index contributed by atoms with van der Waals surface area (Å²) in [5, 5.41) is 0. The van der Waals surface area contributed by atoms with E-state index >= 15 is 0 Å². The van der Waals surface area contributed by atoms with E-state index in [-0.39, 0.29) is 0 Å². The number of amidine groups is 1. The molecule has 0 radical (unpaired) electrons. The maximum Gasteiger partial charge on any atom is 0.147 e. The molecule has 0 aliphatic carbocycles. The first-order valence-corrected chi connectivity index (χ1v) is 8.64. The third kappa shape index (κ3) is 5.74. The van der Waals surface area contributed by atoms with E-state index < -0.39 is 0 Å². The number of rotatable bonds is 7. The van der Waals surface area contributed by atoms with Crippen molar-refractivity contribution in [2.75, 3.05) is 39.8 Å². The molecule has 0 amide bonds. The van der Waals surface area contributed by atoms with Gasteiger partial charge in [-0.05, 0) is 30.2 Å². The maximum atomic E-state index is 4.92. The van der Waals surface area contributed by atoms with Gasteiger partial charge in [-0.25, -0.2) is 5.48 Å². The summed E-state index contributed by atoms with van der Waals surface area (Å²) in [5.74, 6) is 0.690. The van der Waals surface area contributed by atoms with Gasteiger partial charge >= 0.3 is 0 Å². The van der Waals surface area contributed by atoms with Crippen LogP contribution in [0.3, 0.4) is 0 Å². The number of hydrogen-bond acceptors (Lipinski definition) is 4. The fraction of sp³-hybridized carbons (Fsp3) is 0.526. The van der Waals surface area contributed by atoms with E-state index in [1.807, 2.05) is 6.92 Å². The third-order valence-electron chi connectivity index (χ3n) is 4.36. The monoisotopic (exact) mass is 330 g/mol. The lowest BCUT2D eigenvalue weighted by Crippen LogP contribution is -2.45. The number of hydroxylamine groups is 1. The van der Waals surface area contributed by atoms with Crippen LogP contribution in [0.1, 0.15) is 25.0 Å². The van der Waals surface area contributed by atoms with Crippen LogP contribution in [0.5, 0.6) is 0 Å². The highest BCUT2D eigenvalue weighted by Crippen LogP contribution is 2.11. The minimum atomic E-state index is 0.619. The Bertz CT molecular complexity index is 545. The van der Waals surface area contributed by atoms with Gasteiger partial charge in [0.15, 0.2) is 0 Å². The second-order valence-corrected chi connectivity index (χ2v) is 6.28. The molecule has 0 atom stereocenters. The molecule has 1 aliphatic rings. The first kappa shape index (κ1) is 18.6. The standard InChI is InChI=1S/C19H30N4O/c1-5-22-10-12-23(13-11-22)15-18-8-6-17(7-9-18)14-20-19(16(2)3)21-24-4/h6-9H,2,5,10-15H2,1,3-4H3,(H,20,21). The Labute approximate surface area is 146 Å². The van der Waals surface area contributed by atoms with Gasteiger partial charge in [0.2, 0.25) is 0 Å². The topological polar surface area (TPSA) is 40.1 Å². The number of hydrogen-bond donors (Lipinski definition) is 1. The molecule has 1 saturated heterocycles. The highest BCUT2D eigenvalue weighted by atomic mass is 16.6. The molecule has 2 rings (SSSR count). The zero-order valence-corrected chi connectivity index (χ0v) is 15.2. The Kier molecular flexibility index (Phi) is 7.43. The van der Waals surface area contributed by atoms with Crippen LogP contribution in [0.15, 0.2) is 41.4 Å². The number of piperazine rings is 1.